The minimum Gasteiger partial charge on any atom is -0.481 e. The van der Waals surface area contributed by atoms with Crippen molar-refractivity contribution < 1.29 is 19.4 Å². The van der Waals surface area contributed by atoms with Gasteiger partial charge in [0.05, 0.1) is 5.92 Å². The summed E-state index contributed by atoms with van der Waals surface area (Å²) in [4.78, 5) is 22.6. The number of hydrogen-bond donors (Lipinski definition) is 1. The first kappa shape index (κ1) is 15.0. The monoisotopic (exact) mass is 274 g/mol. The van der Waals surface area contributed by atoms with Gasteiger partial charge in [0.25, 0.3) is 0 Å². The summed E-state index contributed by atoms with van der Waals surface area (Å²) in [6.45, 7) is 8.92. The molecule has 4 nitrogen and oxygen atoms in total. The second-order valence-corrected chi connectivity index (χ2v) is 6.59. The van der Waals surface area contributed by atoms with E-state index in [1.54, 1.807) is 20.8 Å². The van der Waals surface area contributed by atoms with E-state index in [4.69, 9.17) is 21.4 Å². The maximum Gasteiger partial charge on any atom is 0.349 e. The Bertz CT molecular complexity index is 404. The summed E-state index contributed by atoms with van der Waals surface area (Å²) in [5.74, 6) is -2.20. The Balaban J connectivity index is 2.74. The second kappa shape index (κ2) is 4.57. The van der Waals surface area contributed by atoms with Crippen LogP contribution in [0, 0.1) is 17.3 Å². The number of ether oxygens (including phenoxy) is 1. The highest BCUT2D eigenvalue weighted by atomic mass is 35.5. The summed E-state index contributed by atoms with van der Waals surface area (Å²) in [5, 5.41) is 8.96. The molecule has 102 valence electrons. The molecule has 5 heteroatoms. The van der Waals surface area contributed by atoms with Gasteiger partial charge >= 0.3 is 11.9 Å². The van der Waals surface area contributed by atoms with Gasteiger partial charge in [-0.05, 0) is 32.1 Å². The van der Waals surface area contributed by atoms with E-state index >= 15 is 0 Å². The first-order valence-corrected chi connectivity index (χ1v) is 6.18. The van der Waals surface area contributed by atoms with Crippen molar-refractivity contribution in [3.8, 4) is 0 Å². The number of allylic oxidation sites excluding steroid dienone is 1. The number of carbonyl (C=O) groups excluding carboxylic acids is 1. The molecule has 18 heavy (non-hydrogen) atoms. The van der Waals surface area contributed by atoms with Crippen LogP contribution in [-0.2, 0) is 14.3 Å². The second-order valence-electron chi connectivity index (χ2n) is 6.18. The van der Waals surface area contributed by atoms with Crippen LogP contribution in [0.5, 0.6) is 0 Å². The lowest BCUT2D eigenvalue weighted by atomic mass is 10.1. The Labute approximate surface area is 112 Å². The normalized spacial score (nSPS) is 26.7. The summed E-state index contributed by atoms with van der Waals surface area (Å²) in [7, 11) is 0. The molecule has 2 atom stereocenters. The predicted octanol–water partition coefficient (Wildman–Crippen LogP) is 2.81. The van der Waals surface area contributed by atoms with Crippen molar-refractivity contribution in [2.24, 2.45) is 17.3 Å². The number of carboxylic acids is 1. The molecule has 0 heterocycles. The number of carbonyl (C=O) groups is 2. The SMILES string of the molecule is CC(C)(C)OC(=O)/C(Cl)=C\[C@H]1[C@@H](C(=O)O)C1(C)C. The highest BCUT2D eigenvalue weighted by molar-refractivity contribution is 6.41. The van der Waals surface area contributed by atoms with Gasteiger partial charge in [0.1, 0.15) is 10.6 Å². The van der Waals surface area contributed by atoms with Gasteiger partial charge < -0.3 is 9.84 Å². The topological polar surface area (TPSA) is 63.6 Å². The number of hydrogen-bond acceptors (Lipinski definition) is 3. The molecule has 1 saturated carbocycles. The average Bonchev–Trinajstić information content (AvgIpc) is 2.64. The fourth-order valence-electron chi connectivity index (χ4n) is 2.01. The molecule has 1 aliphatic carbocycles. The smallest absolute Gasteiger partial charge is 0.349 e. The van der Waals surface area contributed by atoms with E-state index in [-0.39, 0.29) is 16.4 Å². The summed E-state index contributed by atoms with van der Waals surface area (Å²) in [6, 6.07) is 0. The third kappa shape index (κ3) is 3.25. The van der Waals surface area contributed by atoms with Gasteiger partial charge in [-0.3, -0.25) is 4.79 Å². The Hall–Kier alpha value is -1.03. The number of esters is 1. The quantitative estimate of drug-likeness (QED) is 0.635. The van der Waals surface area contributed by atoms with E-state index in [0.29, 0.717) is 0 Å². The van der Waals surface area contributed by atoms with Crippen molar-refractivity contribution >= 4 is 23.5 Å². The average molecular weight is 275 g/mol. The van der Waals surface area contributed by atoms with Gasteiger partial charge in [-0.2, -0.15) is 0 Å². The molecule has 0 aromatic carbocycles. The number of rotatable bonds is 3. The summed E-state index contributed by atoms with van der Waals surface area (Å²) in [5.41, 5.74) is -0.982. The molecule has 0 unspecified atom stereocenters. The van der Waals surface area contributed by atoms with Gasteiger partial charge in [0, 0.05) is 0 Å². The van der Waals surface area contributed by atoms with Crippen LogP contribution < -0.4 is 0 Å². The zero-order valence-electron chi connectivity index (χ0n) is 11.3. The van der Waals surface area contributed by atoms with Gasteiger partial charge in [0.2, 0.25) is 0 Å². The van der Waals surface area contributed by atoms with Crippen molar-refractivity contribution in [2.45, 2.75) is 40.2 Å². The summed E-state index contributed by atoms with van der Waals surface area (Å²) in [6.07, 6.45) is 1.49. The Kier molecular flexibility index (Phi) is 3.82. The van der Waals surface area contributed by atoms with E-state index in [9.17, 15) is 9.59 Å². The molecule has 0 spiro atoms. The molecule has 0 amide bonds. The van der Waals surface area contributed by atoms with Gasteiger partial charge in [-0.15, -0.1) is 0 Å². The zero-order valence-corrected chi connectivity index (χ0v) is 12.0. The molecule has 1 rings (SSSR count). The molecular weight excluding hydrogens is 256 g/mol. The third-order valence-corrected chi connectivity index (χ3v) is 3.38. The molecular formula is C13H19ClO4. The number of carboxylic acid groups (broad SMARTS) is 1. The largest absolute Gasteiger partial charge is 0.481 e. The first-order valence-electron chi connectivity index (χ1n) is 5.80. The molecule has 0 bridgehead atoms. The molecule has 0 aromatic rings. The van der Waals surface area contributed by atoms with Gasteiger partial charge in [-0.25, -0.2) is 4.79 Å². The summed E-state index contributed by atoms with van der Waals surface area (Å²) < 4.78 is 5.11. The fourth-order valence-corrected chi connectivity index (χ4v) is 2.19. The minimum atomic E-state index is -0.866. The Morgan fingerprint density at radius 1 is 1.33 bits per heavy atom. The van der Waals surface area contributed by atoms with Crippen molar-refractivity contribution in [3.05, 3.63) is 11.1 Å². The van der Waals surface area contributed by atoms with Crippen molar-refractivity contribution in [1.29, 1.82) is 0 Å². The van der Waals surface area contributed by atoms with Crippen molar-refractivity contribution in [1.82, 2.24) is 0 Å². The van der Waals surface area contributed by atoms with Gasteiger partial charge in [0.15, 0.2) is 0 Å². The lowest BCUT2D eigenvalue weighted by Crippen LogP contribution is -2.24. The molecule has 0 aromatic heterocycles. The maximum atomic E-state index is 11.6. The molecule has 0 aliphatic heterocycles. The van der Waals surface area contributed by atoms with Crippen molar-refractivity contribution in [2.75, 3.05) is 0 Å². The van der Waals surface area contributed by atoms with E-state index in [2.05, 4.69) is 0 Å². The van der Waals surface area contributed by atoms with Crippen LogP contribution in [0.4, 0.5) is 0 Å². The molecule has 1 aliphatic rings. The lowest BCUT2D eigenvalue weighted by molar-refractivity contribution is -0.149. The number of aliphatic carboxylic acids is 1. The molecule has 1 fully saturated rings. The van der Waals surface area contributed by atoms with E-state index < -0.39 is 23.5 Å². The highest BCUT2D eigenvalue weighted by Crippen LogP contribution is 2.59. The van der Waals surface area contributed by atoms with Crippen LogP contribution in [0.1, 0.15) is 34.6 Å². The van der Waals surface area contributed by atoms with Crippen LogP contribution in [0.2, 0.25) is 0 Å². The third-order valence-electron chi connectivity index (χ3n) is 3.10. The van der Waals surface area contributed by atoms with Crippen molar-refractivity contribution in [3.63, 3.8) is 0 Å². The van der Waals surface area contributed by atoms with Crippen LogP contribution in [0.15, 0.2) is 11.1 Å². The summed E-state index contributed by atoms with van der Waals surface area (Å²) >= 11 is 5.86. The van der Waals surface area contributed by atoms with E-state index in [1.165, 1.54) is 6.08 Å². The molecule has 1 N–H and O–H groups in total. The highest BCUT2D eigenvalue weighted by Gasteiger charge is 2.61. The van der Waals surface area contributed by atoms with Gasteiger partial charge in [-0.1, -0.05) is 31.5 Å². The standard InChI is InChI=1S/C13H19ClO4/c1-12(2,3)18-11(17)8(14)6-7-9(10(15)16)13(7,4)5/h6-7,9H,1-5H3,(H,15,16)/b8-6+/t7-,9-/m0/s1. The van der Waals surface area contributed by atoms with Crippen LogP contribution in [-0.4, -0.2) is 22.6 Å². The maximum absolute atomic E-state index is 11.6. The Morgan fingerprint density at radius 3 is 2.17 bits per heavy atom. The lowest BCUT2D eigenvalue weighted by Gasteiger charge is -2.19. The fraction of sp³-hybridized carbons (Fsp3) is 0.692. The first-order chi connectivity index (χ1) is 7.97. The zero-order chi connectivity index (χ0) is 14.3. The number of halogens is 1. The van der Waals surface area contributed by atoms with E-state index in [0.717, 1.165) is 0 Å². The van der Waals surface area contributed by atoms with Crippen LogP contribution in [0.3, 0.4) is 0 Å². The predicted molar refractivity (Wildman–Crippen MR) is 68.2 cm³/mol. The van der Waals surface area contributed by atoms with E-state index in [1.807, 2.05) is 13.8 Å². The molecule has 0 radical (unpaired) electrons. The molecule has 0 saturated heterocycles. The van der Waals surface area contributed by atoms with Crippen LogP contribution in [0.25, 0.3) is 0 Å². The Morgan fingerprint density at radius 2 is 1.83 bits per heavy atom. The van der Waals surface area contributed by atoms with Crippen LogP contribution >= 0.6 is 11.6 Å². The minimum absolute atomic E-state index is 0.0493.